The first-order valence-corrected chi connectivity index (χ1v) is 9.09. The van der Waals surface area contributed by atoms with E-state index in [1.165, 1.54) is 11.8 Å². The normalized spacial score (nSPS) is 15.1. The molecule has 1 aliphatic heterocycles. The average molecular weight is 356 g/mol. The molecule has 0 saturated heterocycles. The van der Waals surface area contributed by atoms with E-state index in [0.717, 1.165) is 27.7 Å². The maximum atomic E-state index is 7.85. The predicted molar refractivity (Wildman–Crippen MR) is 99.9 cm³/mol. The highest BCUT2D eigenvalue weighted by Crippen LogP contribution is 2.24. The van der Waals surface area contributed by atoms with Crippen LogP contribution in [0.5, 0.6) is 0 Å². The summed E-state index contributed by atoms with van der Waals surface area (Å²) in [6, 6.07) is 1.89. The lowest BCUT2D eigenvalue weighted by Gasteiger charge is -2.11. The molecule has 0 radical (unpaired) electrons. The molecule has 3 rings (SSSR count). The Morgan fingerprint density at radius 2 is 2.38 bits per heavy atom. The highest BCUT2D eigenvalue weighted by Gasteiger charge is 2.12. The number of hydrogen-bond donors (Lipinski definition) is 3. The van der Waals surface area contributed by atoms with E-state index in [0.29, 0.717) is 18.0 Å². The van der Waals surface area contributed by atoms with Gasteiger partial charge in [-0.2, -0.15) is 0 Å². The van der Waals surface area contributed by atoms with Crippen LogP contribution in [-0.4, -0.2) is 23.6 Å². The molecular formula is C17H16N4OS2. The first kappa shape index (κ1) is 16.4. The van der Waals surface area contributed by atoms with E-state index in [1.807, 2.05) is 30.0 Å². The third-order valence-corrected chi connectivity index (χ3v) is 4.84. The lowest BCUT2D eigenvalue weighted by Crippen LogP contribution is -2.26. The Morgan fingerprint density at radius 1 is 1.46 bits per heavy atom. The number of nitrogens with one attached hydrogen (secondary N) is 3. The van der Waals surface area contributed by atoms with E-state index in [9.17, 15) is 0 Å². The monoisotopic (exact) mass is 356 g/mol. The third kappa shape index (κ3) is 3.91. The van der Waals surface area contributed by atoms with Crippen molar-refractivity contribution in [3.05, 3.63) is 52.5 Å². The van der Waals surface area contributed by atoms with Gasteiger partial charge in [0.1, 0.15) is 27.8 Å². The Balaban J connectivity index is 1.53. The van der Waals surface area contributed by atoms with E-state index in [1.54, 1.807) is 23.9 Å². The van der Waals surface area contributed by atoms with E-state index in [2.05, 4.69) is 27.5 Å². The summed E-state index contributed by atoms with van der Waals surface area (Å²) >= 11 is 2.97. The molecule has 2 aromatic rings. The molecule has 24 heavy (non-hydrogen) atoms. The zero-order valence-electron chi connectivity index (χ0n) is 13.1. The van der Waals surface area contributed by atoms with Gasteiger partial charge < -0.3 is 15.1 Å². The minimum atomic E-state index is 0.548. The molecule has 1 aliphatic rings. The number of furan rings is 1. The summed E-state index contributed by atoms with van der Waals surface area (Å²) < 4.78 is 5.06. The van der Waals surface area contributed by atoms with Crippen molar-refractivity contribution >= 4 is 28.1 Å². The van der Waals surface area contributed by atoms with Crippen LogP contribution in [0.25, 0.3) is 10.6 Å². The number of rotatable bonds is 5. The van der Waals surface area contributed by atoms with Crippen LogP contribution in [0.1, 0.15) is 12.1 Å². The SMILES string of the molecule is CN/C(NCCC#Cc1csc(-c2ccoc2)n1)=C1/C=CSC1=N. The fourth-order valence-electron chi connectivity index (χ4n) is 2.08. The van der Waals surface area contributed by atoms with Gasteiger partial charge in [-0.25, -0.2) is 4.98 Å². The molecule has 0 aromatic carbocycles. The lowest BCUT2D eigenvalue weighted by molar-refractivity contribution is 0.568. The number of aromatic nitrogens is 1. The number of allylic oxidation sites excluding steroid dienone is 1. The second-order valence-corrected chi connectivity index (χ2v) is 6.59. The zero-order valence-corrected chi connectivity index (χ0v) is 14.7. The first-order valence-electron chi connectivity index (χ1n) is 7.33. The van der Waals surface area contributed by atoms with Crippen molar-refractivity contribution < 1.29 is 4.42 Å². The van der Waals surface area contributed by atoms with Gasteiger partial charge in [0.05, 0.1) is 6.26 Å². The van der Waals surface area contributed by atoms with E-state index in [4.69, 9.17) is 9.83 Å². The van der Waals surface area contributed by atoms with Crippen LogP contribution in [0.4, 0.5) is 0 Å². The van der Waals surface area contributed by atoms with Crippen molar-refractivity contribution in [3.8, 4) is 22.4 Å². The van der Waals surface area contributed by atoms with Gasteiger partial charge in [-0.15, -0.1) is 11.3 Å². The maximum absolute atomic E-state index is 7.85. The van der Waals surface area contributed by atoms with Crippen molar-refractivity contribution in [1.82, 2.24) is 15.6 Å². The van der Waals surface area contributed by atoms with E-state index < -0.39 is 0 Å². The third-order valence-electron chi connectivity index (χ3n) is 3.23. The lowest BCUT2D eigenvalue weighted by atomic mass is 10.2. The molecule has 0 amide bonds. The second-order valence-electron chi connectivity index (χ2n) is 4.82. The van der Waals surface area contributed by atoms with Gasteiger partial charge >= 0.3 is 0 Å². The summed E-state index contributed by atoms with van der Waals surface area (Å²) in [6.07, 6.45) is 5.95. The fourth-order valence-corrected chi connectivity index (χ4v) is 3.45. The van der Waals surface area contributed by atoms with Crippen LogP contribution >= 0.6 is 23.1 Å². The van der Waals surface area contributed by atoms with Gasteiger partial charge in [-0.05, 0) is 23.5 Å². The van der Waals surface area contributed by atoms with Gasteiger partial charge in [-0.3, -0.25) is 5.41 Å². The molecule has 0 fully saturated rings. The summed E-state index contributed by atoms with van der Waals surface area (Å²) in [5, 5.41) is 19.6. The summed E-state index contributed by atoms with van der Waals surface area (Å²) in [4.78, 5) is 4.48. The van der Waals surface area contributed by atoms with Crippen LogP contribution in [0, 0.1) is 17.3 Å². The highest BCUT2D eigenvalue weighted by atomic mass is 32.2. The minimum absolute atomic E-state index is 0.548. The fraction of sp³-hybridized carbons (Fsp3) is 0.176. The second kappa shape index (κ2) is 7.90. The Hall–Kier alpha value is -2.43. The predicted octanol–water partition coefficient (Wildman–Crippen LogP) is 3.40. The Bertz CT molecular complexity index is 838. The van der Waals surface area contributed by atoms with Crippen LogP contribution in [-0.2, 0) is 0 Å². The van der Waals surface area contributed by atoms with Crippen LogP contribution < -0.4 is 10.6 Å². The van der Waals surface area contributed by atoms with Crippen molar-refractivity contribution in [3.63, 3.8) is 0 Å². The standard InChI is InChI=1S/C17H16N4OS2/c1-19-16(14-6-9-23-15(14)18)20-7-3-2-4-13-11-24-17(21-13)12-5-8-22-10-12/h5-6,8-11,18-20H,3,7H2,1H3/b16-14+,18-15?. The molecule has 0 bridgehead atoms. The van der Waals surface area contributed by atoms with Crippen LogP contribution in [0.15, 0.2) is 51.3 Å². The van der Waals surface area contributed by atoms with Crippen molar-refractivity contribution in [2.24, 2.45) is 0 Å². The molecule has 0 saturated carbocycles. The zero-order chi connectivity index (χ0) is 16.8. The average Bonchev–Trinajstić information content (AvgIpc) is 3.32. The summed E-state index contributed by atoms with van der Waals surface area (Å²) in [5.41, 5.74) is 2.64. The molecular weight excluding hydrogens is 340 g/mol. The highest BCUT2D eigenvalue weighted by molar-refractivity contribution is 8.17. The molecule has 3 N–H and O–H groups in total. The Morgan fingerprint density at radius 3 is 3.08 bits per heavy atom. The molecule has 5 nitrogen and oxygen atoms in total. The summed E-state index contributed by atoms with van der Waals surface area (Å²) in [7, 11) is 1.85. The van der Waals surface area contributed by atoms with Crippen molar-refractivity contribution in [1.29, 1.82) is 5.41 Å². The molecule has 7 heteroatoms. The van der Waals surface area contributed by atoms with E-state index in [-0.39, 0.29) is 0 Å². The maximum Gasteiger partial charge on any atom is 0.128 e. The molecule has 2 aromatic heterocycles. The number of thiazole rings is 1. The molecule has 3 heterocycles. The first-order chi connectivity index (χ1) is 11.8. The molecule has 0 unspecified atom stereocenters. The Labute approximate surface area is 148 Å². The molecule has 0 atom stereocenters. The summed E-state index contributed by atoms with van der Waals surface area (Å²) in [6.45, 7) is 0.706. The Kier molecular flexibility index (Phi) is 5.41. The van der Waals surface area contributed by atoms with Gasteiger partial charge in [0.2, 0.25) is 0 Å². The van der Waals surface area contributed by atoms with Gasteiger partial charge in [0.15, 0.2) is 0 Å². The van der Waals surface area contributed by atoms with Gasteiger partial charge in [0, 0.05) is 36.5 Å². The van der Waals surface area contributed by atoms with Crippen LogP contribution in [0.3, 0.4) is 0 Å². The minimum Gasteiger partial charge on any atom is -0.472 e. The largest absolute Gasteiger partial charge is 0.472 e. The van der Waals surface area contributed by atoms with Crippen molar-refractivity contribution in [2.45, 2.75) is 6.42 Å². The quantitative estimate of drug-likeness (QED) is 0.566. The molecule has 122 valence electrons. The van der Waals surface area contributed by atoms with Gasteiger partial charge in [0.25, 0.3) is 0 Å². The van der Waals surface area contributed by atoms with Crippen LogP contribution in [0.2, 0.25) is 0 Å². The summed E-state index contributed by atoms with van der Waals surface area (Å²) in [5.74, 6) is 7.06. The number of hydrogen-bond acceptors (Lipinski definition) is 7. The van der Waals surface area contributed by atoms with Gasteiger partial charge in [-0.1, -0.05) is 17.7 Å². The van der Waals surface area contributed by atoms with Crippen molar-refractivity contribution in [2.75, 3.05) is 13.6 Å². The molecule has 0 spiro atoms. The number of nitrogens with zero attached hydrogens (tertiary/aromatic N) is 1. The topological polar surface area (TPSA) is 73.9 Å². The van der Waals surface area contributed by atoms with E-state index >= 15 is 0 Å². The molecule has 0 aliphatic carbocycles. The smallest absolute Gasteiger partial charge is 0.128 e. The number of thioether (sulfide) groups is 1.